The second kappa shape index (κ2) is 10.3. The van der Waals surface area contributed by atoms with Gasteiger partial charge in [0.1, 0.15) is 5.82 Å². The van der Waals surface area contributed by atoms with Crippen LogP contribution in [0.2, 0.25) is 0 Å². The van der Waals surface area contributed by atoms with E-state index in [0.717, 1.165) is 48.9 Å². The van der Waals surface area contributed by atoms with E-state index < -0.39 is 0 Å². The molecule has 0 bridgehead atoms. The summed E-state index contributed by atoms with van der Waals surface area (Å²) in [6.07, 6.45) is 8.05. The smallest absolute Gasteiger partial charge is 0.229 e. The van der Waals surface area contributed by atoms with Crippen LogP contribution in [0.25, 0.3) is 0 Å². The van der Waals surface area contributed by atoms with Crippen molar-refractivity contribution < 1.29 is 0 Å². The molecular weight excluding hydrogens is 384 g/mol. The molecule has 0 aliphatic carbocycles. The van der Waals surface area contributed by atoms with Gasteiger partial charge in [0.25, 0.3) is 0 Å². The van der Waals surface area contributed by atoms with Crippen molar-refractivity contribution in [1.29, 1.82) is 0 Å². The predicted molar refractivity (Wildman–Crippen MR) is 131 cm³/mol. The van der Waals surface area contributed by atoms with E-state index in [1.807, 2.05) is 25.3 Å². The van der Waals surface area contributed by atoms with Crippen LogP contribution < -0.4 is 10.6 Å². The first kappa shape index (κ1) is 22.6. The van der Waals surface area contributed by atoms with Crippen LogP contribution in [0.4, 0.5) is 17.5 Å². The molecule has 1 aromatic carbocycles. The summed E-state index contributed by atoms with van der Waals surface area (Å²) in [5.74, 6) is 1.31. The number of hydrogen-bond acceptors (Lipinski definition) is 6. The molecule has 1 fully saturated rings. The van der Waals surface area contributed by atoms with Crippen LogP contribution in [-0.2, 0) is 0 Å². The van der Waals surface area contributed by atoms with Crippen molar-refractivity contribution in [2.75, 3.05) is 43.9 Å². The lowest BCUT2D eigenvalue weighted by Crippen LogP contribution is -2.43. The minimum absolute atomic E-state index is 0.523. The number of allylic oxidation sites excluding steroid dienone is 3. The number of nitrogens with one attached hydrogen (secondary N) is 2. The Balaban J connectivity index is 1.66. The topological polar surface area (TPSA) is 56.3 Å². The van der Waals surface area contributed by atoms with E-state index in [0.29, 0.717) is 5.95 Å². The molecule has 1 saturated heterocycles. The normalized spacial score (nSPS) is 15.4. The number of aromatic nitrogens is 2. The van der Waals surface area contributed by atoms with Crippen molar-refractivity contribution in [3.05, 3.63) is 77.3 Å². The maximum Gasteiger partial charge on any atom is 0.229 e. The number of benzene rings is 1. The van der Waals surface area contributed by atoms with Gasteiger partial charge in [-0.25, -0.2) is 4.98 Å². The predicted octanol–water partition coefficient (Wildman–Crippen LogP) is 4.78. The van der Waals surface area contributed by atoms with Gasteiger partial charge in [-0.2, -0.15) is 4.98 Å². The number of likely N-dealkylation sites (N-methyl/N-ethyl adjacent to an activating group) is 1. The van der Waals surface area contributed by atoms with Gasteiger partial charge in [0.15, 0.2) is 0 Å². The quantitative estimate of drug-likeness (QED) is 0.631. The largest absolute Gasteiger partial charge is 0.369 e. The van der Waals surface area contributed by atoms with Gasteiger partial charge in [-0.3, -0.25) is 0 Å². The number of aryl methyl sites for hydroxylation is 2. The van der Waals surface area contributed by atoms with Crippen LogP contribution in [0.5, 0.6) is 0 Å². The third-order valence-corrected chi connectivity index (χ3v) is 5.72. The highest BCUT2D eigenvalue weighted by Gasteiger charge is 2.14. The molecule has 0 amide bonds. The Hall–Kier alpha value is -3.12. The van der Waals surface area contributed by atoms with Crippen LogP contribution in [-0.4, -0.2) is 53.0 Å². The second-order valence-corrected chi connectivity index (χ2v) is 8.09. The molecular formula is C25H34N6. The zero-order valence-electron chi connectivity index (χ0n) is 19.4. The third kappa shape index (κ3) is 5.95. The summed E-state index contributed by atoms with van der Waals surface area (Å²) in [6, 6.07) is 6.22. The molecule has 1 aliphatic heterocycles. The highest BCUT2D eigenvalue weighted by molar-refractivity contribution is 5.64. The molecule has 2 heterocycles. The Morgan fingerprint density at radius 1 is 1.06 bits per heavy atom. The number of piperazine rings is 1. The summed E-state index contributed by atoms with van der Waals surface area (Å²) in [4.78, 5) is 13.8. The van der Waals surface area contributed by atoms with Crippen molar-refractivity contribution >= 4 is 17.5 Å². The first-order chi connectivity index (χ1) is 14.9. The molecule has 1 aliphatic rings. The molecule has 0 radical (unpaired) electrons. The van der Waals surface area contributed by atoms with Crippen LogP contribution >= 0.6 is 0 Å². The minimum Gasteiger partial charge on any atom is -0.369 e. The summed E-state index contributed by atoms with van der Waals surface area (Å²) in [5, 5.41) is 6.66. The zero-order valence-corrected chi connectivity index (χ0v) is 19.4. The number of rotatable bonds is 7. The van der Waals surface area contributed by atoms with Gasteiger partial charge in [0.2, 0.25) is 5.95 Å². The second-order valence-electron chi connectivity index (χ2n) is 8.09. The van der Waals surface area contributed by atoms with E-state index in [9.17, 15) is 0 Å². The van der Waals surface area contributed by atoms with Gasteiger partial charge in [0, 0.05) is 55.0 Å². The number of hydrogen-bond donors (Lipinski definition) is 2. The summed E-state index contributed by atoms with van der Waals surface area (Å²) in [5.41, 5.74) is 6.45. The van der Waals surface area contributed by atoms with Gasteiger partial charge in [-0.1, -0.05) is 24.8 Å². The SMILES string of the molecule is C=C(/C=C\C(=C/C)N1CCN(C)CC1)Nc1ncc(C)c(Nc2cccc(C)c2C)n1. The molecule has 3 rings (SSSR count). The van der Waals surface area contributed by atoms with E-state index in [1.165, 1.54) is 16.8 Å². The molecule has 31 heavy (non-hydrogen) atoms. The summed E-state index contributed by atoms with van der Waals surface area (Å²) >= 11 is 0. The van der Waals surface area contributed by atoms with Gasteiger partial charge in [0.05, 0.1) is 0 Å². The maximum atomic E-state index is 4.67. The van der Waals surface area contributed by atoms with E-state index in [4.69, 9.17) is 0 Å². The van der Waals surface area contributed by atoms with Gasteiger partial charge < -0.3 is 20.4 Å². The highest BCUT2D eigenvalue weighted by Crippen LogP contribution is 2.24. The van der Waals surface area contributed by atoms with Crippen molar-refractivity contribution in [2.45, 2.75) is 27.7 Å². The van der Waals surface area contributed by atoms with Crippen molar-refractivity contribution in [3.63, 3.8) is 0 Å². The maximum absolute atomic E-state index is 4.67. The molecule has 0 spiro atoms. The monoisotopic (exact) mass is 418 g/mol. The summed E-state index contributed by atoms with van der Waals surface area (Å²) < 4.78 is 0. The van der Waals surface area contributed by atoms with Gasteiger partial charge >= 0.3 is 0 Å². The summed E-state index contributed by atoms with van der Waals surface area (Å²) in [7, 11) is 2.17. The van der Waals surface area contributed by atoms with Crippen LogP contribution in [0, 0.1) is 20.8 Å². The minimum atomic E-state index is 0.523. The molecule has 164 valence electrons. The summed E-state index contributed by atoms with van der Waals surface area (Å²) in [6.45, 7) is 16.6. The lowest BCUT2D eigenvalue weighted by atomic mass is 10.1. The average molecular weight is 419 g/mol. The van der Waals surface area contributed by atoms with Gasteiger partial charge in [-0.05, 0) is 64.1 Å². The molecule has 1 aromatic heterocycles. The fourth-order valence-corrected chi connectivity index (χ4v) is 3.46. The van der Waals surface area contributed by atoms with Crippen LogP contribution in [0.1, 0.15) is 23.6 Å². The Bertz CT molecular complexity index is 984. The van der Waals surface area contributed by atoms with Crippen LogP contribution in [0.3, 0.4) is 0 Å². The lowest BCUT2D eigenvalue weighted by Gasteiger charge is -2.34. The molecule has 2 aromatic rings. The Kier molecular flexibility index (Phi) is 7.47. The third-order valence-electron chi connectivity index (χ3n) is 5.72. The Morgan fingerprint density at radius 2 is 1.81 bits per heavy atom. The van der Waals surface area contributed by atoms with Crippen LogP contribution in [0.15, 0.2) is 60.6 Å². The zero-order chi connectivity index (χ0) is 22.4. The van der Waals surface area contributed by atoms with Crippen molar-refractivity contribution in [1.82, 2.24) is 19.8 Å². The number of anilines is 3. The van der Waals surface area contributed by atoms with E-state index in [-0.39, 0.29) is 0 Å². The van der Waals surface area contributed by atoms with E-state index >= 15 is 0 Å². The lowest BCUT2D eigenvalue weighted by molar-refractivity contribution is 0.190. The van der Waals surface area contributed by atoms with Gasteiger partial charge in [-0.15, -0.1) is 0 Å². The first-order valence-corrected chi connectivity index (χ1v) is 10.8. The highest BCUT2D eigenvalue weighted by atomic mass is 15.2. The average Bonchev–Trinajstić information content (AvgIpc) is 2.75. The standard InChI is InChI=1S/C25H34N6/c1-7-22(31-15-13-30(6)14-16-31)12-11-20(4)27-25-26-17-19(3)24(29-25)28-23-10-8-9-18(2)21(23)5/h7-12,17H,4,13-16H2,1-3,5-6H3,(H2,26,27,28,29)/b12-11-,22-7+. The number of nitrogens with zero attached hydrogens (tertiary/aromatic N) is 4. The fraction of sp³-hybridized carbons (Fsp3) is 0.360. The Labute approximate surface area is 186 Å². The molecule has 0 unspecified atom stereocenters. The Morgan fingerprint density at radius 3 is 2.52 bits per heavy atom. The molecule has 0 saturated carbocycles. The fourth-order valence-electron chi connectivity index (χ4n) is 3.46. The molecule has 2 N–H and O–H groups in total. The molecule has 6 nitrogen and oxygen atoms in total. The van der Waals surface area contributed by atoms with E-state index in [1.54, 1.807) is 0 Å². The van der Waals surface area contributed by atoms with Crippen molar-refractivity contribution in [3.8, 4) is 0 Å². The van der Waals surface area contributed by atoms with E-state index in [2.05, 4.69) is 89.1 Å². The van der Waals surface area contributed by atoms with Crippen molar-refractivity contribution in [2.24, 2.45) is 0 Å². The molecule has 6 heteroatoms. The first-order valence-electron chi connectivity index (χ1n) is 10.8. The molecule has 0 atom stereocenters.